The lowest BCUT2D eigenvalue weighted by Crippen LogP contribution is -2.50. The molecule has 40 heavy (non-hydrogen) atoms. The molecule has 10 nitrogen and oxygen atoms in total. The van der Waals surface area contributed by atoms with Crippen molar-refractivity contribution in [3.63, 3.8) is 0 Å². The Bertz CT molecular complexity index is 1580. The fourth-order valence-corrected chi connectivity index (χ4v) is 5.88. The average Bonchev–Trinajstić information content (AvgIpc) is 3.51. The molecule has 0 bridgehead atoms. The van der Waals surface area contributed by atoms with Gasteiger partial charge in [-0.05, 0) is 48.0 Å². The van der Waals surface area contributed by atoms with E-state index >= 15 is 0 Å². The van der Waals surface area contributed by atoms with Gasteiger partial charge in [0.1, 0.15) is 28.9 Å². The first-order valence-corrected chi connectivity index (χ1v) is 13.7. The van der Waals surface area contributed by atoms with E-state index in [0.717, 1.165) is 10.2 Å². The predicted molar refractivity (Wildman–Crippen MR) is 146 cm³/mol. The number of carbonyl (C=O) groups is 1. The van der Waals surface area contributed by atoms with Crippen LogP contribution in [0.3, 0.4) is 0 Å². The summed E-state index contributed by atoms with van der Waals surface area (Å²) in [4.78, 5) is 28.7. The summed E-state index contributed by atoms with van der Waals surface area (Å²) in [5.74, 6) is -1.49. The first-order valence-electron chi connectivity index (χ1n) is 12.9. The van der Waals surface area contributed by atoms with Gasteiger partial charge in [0, 0.05) is 22.5 Å². The zero-order valence-electron chi connectivity index (χ0n) is 21.6. The number of furan rings is 1. The minimum Gasteiger partial charge on any atom is -0.480 e. The maximum atomic E-state index is 13.9. The average molecular weight is 618 g/mol. The summed E-state index contributed by atoms with van der Waals surface area (Å²) in [5, 5.41) is 10.7. The van der Waals surface area contributed by atoms with Crippen LogP contribution in [0, 0.1) is 0 Å². The topological polar surface area (TPSA) is 114 Å². The Morgan fingerprint density at radius 3 is 2.67 bits per heavy atom. The number of para-hydroxylation sites is 1. The second kappa shape index (κ2) is 10.4. The number of benzene rings is 1. The molecule has 1 aromatic carbocycles. The highest BCUT2D eigenvalue weighted by Crippen LogP contribution is 2.39. The number of carboxylic acids is 1. The number of halogens is 3. The fraction of sp³-hybridized carbons (Fsp3) is 0.407. The number of hydrogen-bond acceptors (Lipinski definition) is 9. The summed E-state index contributed by atoms with van der Waals surface area (Å²) in [6.07, 6.45) is -1.88. The molecular weight excluding hydrogens is 592 g/mol. The van der Waals surface area contributed by atoms with Gasteiger partial charge in [-0.3, -0.25) is 0 Å². The van der Waals surface area contributed by atoms with Crippen LogP contribution in [0.25, 0.3) is 22.1 Å². The number of morpholine rings is 1. The van der Waals surface area contributed by atoms with Crippen LogP contribution in [0.2, 0.25) is 0 Å². The molecule has 2 fully saturated rings. The van der Waals surface area contributed by atoms with E-state index in [1.807, 2.05) is 19.9 Å². The van der Waals surface area contributed by atoms with Crippen molar-refractivity contribution in [2.45, 2.75) is 50.9 Å². The molecule has 4 aromatic rings. The largest absolute Gasteiger partial charge is 0.480 e. The van der Waals surface area contributed by atoms with Crippen LogP contribution in [-0.4, -0.2) is 70.0 Å². The molecule has 1 N–H and O–H groups in total. The third kappa shape index (κ3) is 4.70. The Labute approximate surface area is 236 Å². The van der Waals surface area contributed by atoms with Gasteiger partial charge in [0.25, 0.3) is 6.43 Å². The van der Waals surface area contributed by atoms with Gasteiger partial charge in [0.2, 0.25) is 5.88 Å². The molecule has 1 unspecified atom stereocenters. The van der Waals surface area contributed by atoms with Crippen LogP contribution in [0.4, 0.5) is 20.3 Å². The molecule has 6 rings (SSSR count). The highest BCUT2D eigenvalue weighted by atomic mass is 79.9. The Morgan fingerprint density at radius 2 is 1.95 bits per heavy atom. The van der Waals surface area contributed by atoms with Crippen LogP contribution < -0.4 is 14.5 Å². The van der Waals surface area contributed by atoms with Crippen molar-refractivity contribution in [1.82, 2.24) is 15.0 Å². The number of hydrogen-bond donors (Lipinski definition) is 1. The number of aromatic nitrogens is 3. The lowest BCUT2D eigenvalue weighted by Gasteiger charge is -2.41. The molecule has 0 spiro atoms. The molecule has 0 amide bonds. The van der Waals surface area contributed by atoms with Crippen molar-refractivity contribution < 1.29 is 32.6 Å². The maximum Gasteiger partial charge on any atom is 0.326 e. The van der Waals surface area contributed by atoms with Crippen LogP contribution in [0.5, 0.6) is 5.88 Å². The second-order valence-electron chi connectivity index (χ2n) is 10.1. The number of pyridine rings is 1. The maximum absolute atomic E-state index is 13.9. The fourth-order valence-electron chi connectivity index (χ4n) is 5.57. The molecule has 2 aliphatic rings. The number of aliphatic carboxylic acids is 1. The smallest absolute Gasteiger partial charge is 0.326 e. The zero-order valence-corrected chi connectivity index (χ0v) is 23.2. The summed E-state index contributed by atoms with van der Waals surface area (Å²) in [7, 11) is 0. The number of carboxylic acid groups (broad SMARTS) is 1. The number of rotatable bonds is 6. The van der Waals surface area contributed by atoms with E-state index in [9.17, 15) is 18.7 Å². The summed E-state index contributed by atoms with van der Waals surface area (Å²) in [5.41, 5.74) is 1.55. The van der Waals surface area contributed by atoms with Gasteiger partial charge in [-0.15, -0.1) is 0 Å². The molecule has 5 heterocycles. The number of nitrogens with zero attached hydrogens (tertiary/aromatic N) is 5. The molecule has 2 saturated heterocycles. The normalized spacial score (nSPS) is 23.4. The highest BCUT2D eigenvalue weighted by Gasteiger charge is 2.42. The first-order chi connectivity index (χ1) is 19.2. The zero-order chi connectivity index (χ0) is 28.1. The van der Waals surface area contributed by atoms with Crippen LogP contribution >= 0.6 is 15.9 Å². The van der Waals surface area contributed by atoms with Crippen molar-refractivity contribution in [1.29, 1.82) is 0 Å². The molecule has 2 aliphatic heterocycles. The first kappa shape index (κ1) is 26.6. The number of alkyl halides is 2. The van der Waals surface area contributed by atoms with Gasteiger partial charge in [0.05, 0.1) is 31.8 Å². The SMILES string of the molecule is C[C@H]1COC[C@H](C)N1c1cc(Br)cnc1OC1C[C@@H](C(=O)O)N(c2nc(C(F)F)nc3c2oc2ccccc23)C1. The molecule has 0 radical (unpaired) electrons. The van der Waals surface area contributed by atoms with Crippen LogP contribution in [-0.2, 0) is 9.53 Å². The van der Waals surface area contributed by atoms with E-state index in [1.165, 1.54) is 4.90 Å². The molecule has 0 saturated carbocycles. The van der Waals surface area contributed by atoms with Crippen LogP contribution in [0.15, 0.2) is 45.4 Å². The Morgan fingerprint density at radius 1 is 1.20 bits per heavy atom. The standard InChI is InChI=1S/C27H26BrF2N5O5/c1-13-11-38-12-14(2)35(13)18-7-15(28)9-31-26(18)39-16-8-19(27(36)37)34(10-16)25-22-21(32-24(33-25)23(29)30)17-5-3-4-6-20(17)40-22/h3-7,9,13-14,16,19,23H,8,10-12H2,1-2H3,(H,36,37)/t13-,14-,16?,19-/m0/s1. The van der Waals surface area contributed by atoms with Gasteiger partial charge >= 0.3 is 5.97 Å². The van der Waals surface area contributed by atoms with E-state index in [2.05, 4.69) is 35.8 Å². The molecule has 0 aliphatic carbocycles. The van der Waals surface area contributed by atoms with Crippen molar-refractivity contribution in [2.75, 3.05) is 29.6 Å². The Kier molecular flexibility index (Phi) is 6.95. The van der Waals surface area contributed by atoms with Crippen LogP contribution in [0.1, 0.15) is 32.5 Å². The lowest BCUT2D eigenvalue weighted by atomic mass is 10.1. The number of fused-ring (bicyclic) bond motifs is 3. The molecule has 13 heteroatoms. The third-order valence-corrected chi connectivity index (χ3v) is 7.69. The molecule has 4 atom stereocenters. The summed E-state index contributed by atoms with van der Waals surface area (Å²) < 4.78 is 46.5. The summed E-state index contributed by atoms with van der Waals surface area (Å²) >= 11 is 3.49. The molecule has 3 aromatic heterocycles. The summed E-state index contributed by atoms with van der Waals surface area (Å²) in [6.45, 7) is 5.25. The molecule has 210 valence electrons. The highest BCUT2D eigenvalue weighted by molar-refractivity contribution is 9.10. The number of anilines is 2. The van der Waals surface area contributed by atoms with E-state index in [0.29, 0.717) is 30.1 Å². The van der Waals surface area contributed by atoms with Crippen molar-refractivity contribution in [2.24, 2.45) is 0 Å². The van der Waals surface area contributed by atoms with E-state index in [-0.39, 0.29) is 42.0 Å². The van der Waals surface area contributed by atoms with Gasteiger partial charge < -0.3 is 28.8 Å². The lowest BCUT2D eigenvalue weighted by molar-refractivity contribution is -0.138. The Balaban J connectivity index is 1.38. The van der Waals surface area contributed by atoms with Crippen molar-refractivity contribution in [3.8, 4) is 5.88 Å². The van der Waals surface area contributed by atoms with Gasteiger partial charge in [-0.2, -0.15) is 0 Å². The minimum atomic E-state index is -2.96. The summed E-state index contributed by atoms with van der Waals surface area (Å²) in [6, 6.07) is 7.85. The van der Waals surface area contributed by atoms with E-state index < -0.39 is 30.4 Å². The van der Waals surface area contributed by atoms with Gasteiger partial charge in [-0.1, -0.05) is 12.1 Å². The van der Waals surface area contributed by atoms with Crippen molar-refractivity contribution in [3.05, 3.63) is 46.8 Å². The second-order valence-corrected chi connectivity index (χ2v) is 11.0. The molecular formula is C27H26BrF2N5O5. The minimum absolute atomic E-state index is 0.00517. The monoisotopic (exact) mass is 617 g/mol. The van der Waals surface area contributed by atoms with Gasteiger partial charge in [0.15, 0.2) is 17.2 Å². The third-order valence-electron chi connectivity index (χ3n) is 7.26. The quantitative estimate of drug-likeness (QED) is 0.310. The van der Waals surface area contributed by atoms with E-state index in [1.54, 1.807) is 30.5 Å². The van der Waals surface area contributed by atoms with Crippen molar-refractivity contribution >= 4 is 55.5 Å². The Hall–Kier alpha value is -3.58. The van der Waals surface area contributed by atoms with Gasteiger partial charge in [-0.25, -0.2) is 28.5 Å². The van der Waals surface area contributed by atoms with E-state index in [4.69, 9.17) is 13.9 Å². The predicted octanol–water partition coefficient (Wildman–Crippen LogP) is 5.20. The number of ether oxygens (including phenoxy) is 2.